The second-order valence-electron chi connectivity index (χ2n) is 7.87. The lowest BCUT2D eigenvalue weighted by Gasteiger charge is -2.19. The van der Waals surface area contributed by atoms with Gasteiger partial charge in [0.05, 0.1) is 23.4 Å². The lowest BCUT2D eigenvalue weighted by atomic mass is 9.88. The van der Waals surface area contributed by atoms with Crippen molar-refractivity contribution < 1.29 is 18.7 Å². The highest BCUT2D eigenvalue weighted by Crippen LogP contribution is 2.40. The predicted octanol–water partition coefficient (Wildman–Crippen LogP) is 5.92. The highest BCUT2D eigenvalue weighted by atomic mass is 32.1. The second kappa shape index (κ2) is 9.53. The van der Waals surface area contributed by atoms with E-state index in [-0.39, 0.29) is 11.5 Å². The Hall–Kier alpha value is -3.19. The number of hydrogen-bond donors (Lipinski definition) is 2. The summed E-state index contributed by atoms with van der Waals surface area (Å²) in [5.41, 5.74) is 1.92. The molecule has 2 aromatic carbocycles. The Morgan fingerprint density at radius 2 is 1.84 bits per heavy atom. The molecular formula is C25H25FN2O3S. The Bertz CT molecular complexity index is 1160. The van der Waals surface area contributed by atoms with Crippen LogP contribution in [-0.4, -0.2) is 18.4 Å². The van der Waals surface area contributed by atoms with Gasteiger partial charge in [-0.1, -0.05) is 31.2 Å². The predicted molar refractivity (Wildman–Crippen MR) is 125 cm³/mol. The number of ether oxygens (including phenoxy) is 1. The number of thiophene rings is 1. The number of fused-ring (bicyclic) bond motifs is 1. The molecule has 1 aliphatic carbocycles. The van der Waals surface area contributed by atoms with Gasteiger partial charge in [-0.15, -0.1) is 11.3 Å². The number of hydrogen-bond acceptors (Lipinski definition) is 4. The van der Waals surface area contributed by atoms with E-state index >= 15 is 0 Å². The molecule has 0 aliphatic heterocycles. The highest BCUT2D eigenvalue weighted by Gasteiger charge is 2.29. The van der Waals surface area contributed by atoms with E-state index in [4.69, 9.17) is 4.74 Å². The van der Waals surface area contributed by atoms with Gasteiger partial charge in [0.15, 0.2) is 0 Å². The minimum atomic E-state index is -0.600. The number of benzene rings is 2. The fraction of sp³-hybridized carbons (Fsp3) is 0.280. The van der Waals surface area contributed by atoms with Crippen molar-refractivity contribution in [3.8, 4) is 5.75 Å². The Morgan fingerprint density at radius 1 is 1.09 bits per heavy atom. The van der Waals surface area contributed by atoms with Crippen LogP contribution in [0.4, 0.5) is 15.1 Å². The molecule has 166 valence electrons. The average Bonchev–Trinajstić information content (AvgIpc) is 3.12. The molecule has 1 heterocycles. The fourth-order valence-electron chi connectivity index (χ4n) is 3.93. The Labute approximate surface area is 190 Å². The zero-order chi connectivity index (χ0) is 22.7. The van der Waals surface area contributed by atoms with Crippen molar-refractivity contribution in [2.24, 2.45) is 5.92 Å². The molecule has 4 rings (SSSR count). The normalized spacial score (nSPS) is 15.0. The van der Waals surface area contributed by atoms with Crippen LogP contribution in [0, 0.1) is 11.7 Å². The van der Waals surface area contributed by atoms with Crippen molar-refractivity contribution in [2.45, 2.75) is 33.1 Å². The third-order valence-electron chi connectivity index (χ3n) is 5.52. The van der Waals surface area contributed by atoms with Crippen LogP contribution in [0.3, 0.4) is 0 Å². The number of anilines is 2. The second-order valence-corrected chi connectivity index (χ2v) is 8.98. The van der Waals surface area contributed by atoms with E-state index in [0.29, 0.717) is 34.5 Å². The van der Waals surface area contributed by atoms with Crippen LogP contribution in [0.5, 0.6) is 5.75 Å². The van der Waals surface area contributed by atoms with Gasteiger partial charge in [-0.3, -0.25) is 9.59 Å². The largest absolute Gasteiger partial charge is 0.492 e. The van der Waals surface area contributed by atoms with Crippen LogP contribution in [0.2, 0.25) is 0 Å². The Morgan fingerprint density at radius 3 is 2.62 bits per heavy atom. The van der Waals surface area contributed by atoms with E-state index in [1.807, 2.05) is 19.1 Å². The van der Waals surface area contributed by atoms with E-state index in [1.165, 1.54) is 29.5 Å². The van der Waals surface area contributed by atoms with Crippen molar-refractivity contribution in [3.63, 3.8) is 0 Å². The Kier molecular flexibility index (Phi) is 6.55. The minimum Gasteiger partial charge on any atom is -0.492 e. The molecule has 0 bridgehead atoms. The van der Waals surface area contributed by atoms with Gasteiger partial charge >= 0.3 is 0 Å². The first-order valence-corrected chi connectivity index (χ1v) is 11.5. The highest BCUT2D eigenvalue weighted by molar-refractivity contribution is 7.17. The number of carbonyl (C=O) groups is 2. The molecule has 5 nitrogen and oxygen atoms in total. The van der Waals surface area contributed by atoms with Crippen LogP contribution in [0.1, 0.15) is 51.4 Å². The molecule has 1 aromatic heterocycles. The summed E-state index contributed by atoms with van der Waals surface area (Å²) in [6.07, 6.45) is 2.59. The summed E-state index contributed by atoms with van der Waals surface area (Å²) in [7, 11) is 0. The number of amides is 2. The number of halogens is 1. The van der Waals surface area contributed by atoms with Crippen LogP contribution < -0.4 is 15.4 Å². The first-order valence-electron chi connectivity index (χ1n) is 10.7. The molecule has 0 fully saturated rings. The van der Waals surface area contributed by atoms with Gasteiger partial charge < -0.3 is 15.4 Å². The number of para-hydroxylation sites is 2. The molecule has 0 unspecified atom stereocenters. The SMILES string of the molecule is CCOc1ccccc1NC(=O)c1c(NC(=O)c2ccccc2F)sc2c1CC[C@@H](C)C2. The number of carbonyl (C=O) groups excluding carboxylic acids is 2. The maximum atomic E-state index is 14.1. The molecule has 1 aliphatic rings. The monoisotopic (exact) mass is 452 g/mol. The molecule has 1 atom stereocenters. The van der Waals surface area contributed by atoms with Gasteiger partial charge in [-0.05, 0) is 61.9 Å². The maximum absolute atomic E-state index is 14.1. The third-order valence-corrected chi connectivity index (χ3v) is 6.69. The lowest BCUT2D eigenvalue weighted by molar-refractivity contribution is 0.102. The molecule has 0 saturated heterocycles. The first-order chi connectivity index (χ1) is 15.5. The molecule has 7 heteroatoms. The van der Waals surface area contributed by atoms with E-state index in [9.17, 15) is 14.0 Å². The lowest BCUT2D eigenvalue weighted by Crippen LogP contribution is -2.20. The van der Waals surface area contributed by atoms with E-state index < -0.39 is 11.7 Å². The summed E-state index contributed by atoms with van der Waals surface area (Å²) in [5.74, 6) is -0.396. The van der Waals surface area contributed by atoms with E-state index in [2.05, 4.69) is 17.6 Å². The summed E-state index contributed by atoms with van der Waals surface area (Å²) in [6.45, 7) is 4.53. The molecule has 0 radical (unpaired) electrons. The van der Waals surface area contributed by atoms with E-state index in [1.54, 1.807) is 18.2 Å². The van der Waals surface area contributed by atoms with Crippen molar-refractivity contribution in [3.05, 3.63) is 75.9 Å². The van der Waals surface area contributed by atoms with Crippen molar-refractivity contribution in [2.75, 3.05) is 17.2 Å². The average molecular weight is 453 g/mol. The van der Waals surface area contributed by atoms with Gasteiger partial charge in [0, 0.05) is 4.88 Å². The molecule has 0 spiro atoms. The minimum absolute atomic E-state index is 0.0553. The van der Waals surface area contributed by atoms with Crippen LogP contribution in [0.25, 0.3) is 0 Å². The fourth-order valence-corrected chi connectivity index (χ4v) is 5.33. The standard InChI is InChI=1S/C25H25FN2O3S/c1-3-31-20-11-7-6-10-19(20)27-24(30)22-17-13-12-15(2)14-21(17)32-25(22)28-23(29)16-8-4-5-9-18(16)26/h4-11,15H,3,12-14H2,1-2H3,(H,27,30)(H,28,29)/t15-/m1/s1. The van der Waals surface area contributed by atoms with E-state index in [0.717, 1.165) is 29.7 Å². The van der Waals surface area contributed by atoms with Gasteiger partial charge in [0.25, 0.3) is 11.8 Å². The summed E-state index contributed by atoms with van der Waals surface area (Å²) in [6, 6.07) is 13.1. The first kappa shape index (κ1) is 22.0. The summed E-state index contributed by atoms with van der Waals surface area (Å²) < 4.78 is 19.8. The van der Waals surface area contributed by atoms with Crippen molar-refractivity contribution >= 4 is 33.8 Å². The van der Waals surface area contributed by atoms with Gasteiger partial charge in [-0.2, -0.15) is 0 Å². The summed E-state index contributed by atoms with van der Waals surface area (Å²) >= 11 is 1.40. The molecular weight excluding hydrogens is 427 g/mol. The third kappa shape index (κ3) is 4.53. The number of nitrogens with one attached hydrogen (secondary N) is 2. The van der Waals surface area contributed by atoms with Gasteiger partial charge in [-0.25, -0.2) is 4.39 Å². The topological polar surface area (TPSA) is 67.4 Å². The molecule has 3 aromatic rings. The molecule has 32 heavy (non-hydrogen) atoms. The smallest absolute Gasteiger partial charge is 0.259 e. The number of rotatable bonds is 6. The zero-order valence-corrected chi connectivity index (χ0v) is 18.9. The van der Waals surface area contributed by atoms with Gasteiger partial charge in [0.1, 0.15) is 16.6 Å². The molecule has 0 saturated carbocycles. The summed E-state index contributed by atoms with van der Waals surface area (Å²) in [5, 5.41) is 6.18. The van der Waals surface area contributed by atoms with Crippen molar-refractivity contribution in [1.29, 1.82) is 0 Å². The van der Waals surface area contributed by atoms with Crippen LogP contribution in [0.15, 0.2) is 48.5 Å². The maximum Gasteiger partial charge on any atom is 0.259 e. The van der Waals surface area contributed by atoms with Crippen LogP contribution in [-0.2, 0) is 12.8 Å². The van der Waals surface area contributed by atoms with Crippen molar-refractivity contribution in [1.82, 2.24) is 0 Å². The Balaban J connectivity index is 1.68. The summed E-state index contributed by atoms with van der Waals surface area (Å²) in [4.78, 5) is 27.3. The van der Waals surface area contributed by atoms with Gasteiger partial charge in [0.2, 0.25) is 0 Å². The zero-order valence-electron chi connectivity index (χ0n) is 18.0. The van der Waals surface area contributed by atoms with Crippen LogP contribution >= 0.6 is 11.3 Å². The molecule has 2 N–H and O–H groups in total. The quantitative estimate of drug-likeness (QED) is 0.488. The molecule has 2 amide bonds.